The summed E-state index contributed by atoms with van der Waals surface area (Å²) in [5.74, 6) is 0.298. The van der Waals surface area contributed by atoms with Gasteiger partial charge in [0.25, 0.3) is 5.88 Å². The molecule has 0 unspecified atom stereocenters. The molecule has 1 N–H and O–H groups in total. The Kier molecular flexibility index (Phi) is 6.66. The molecule has 4 aromatic rings. The third-order valence-corrected chi connectivity index (χ3v) is 6.82. The zero-order chi connectivity index (χ0) is 25.3. The van der Waals surface area contributed by atoms with Crippen molar-refractivity contribution in [1.29, 1.82) is 0 Å². The lowest BCUT2D eigenvalue weighted by Crippen LogP contribution is -2.29. The number of sulfone groups is 1. The standard InChI is InChI=1S/C25H28N4O5S/c1-6-34-24-21(33-4)12-11-19(27-24)20(14-35(5,31)32)29-23-22(28-25(29)30)16(3)18(13-26-23)17-10-8-7-9-15(17)2/h7-13,20H,6,14H2,1-5H3,(H,28,30)/t20-/m0/s1. The van der Waals surface area contributed by atoms with Crippen LogP contribution < -0.4 is 15.2 Å². The summed E-state index contributed by atoms with van der Waals surface area (Å²) in [6.45, 7) is 6.08. The first-order valence-electron chi connectivity index (χ1n) is 11.2. The van der Waals surface area contributed by atoms with Gasteiger partial charge >= 0.3 is 5.69 Å². The molecule has 0 saturated heterocycles. The molecule has 3 heterocycles. The van der Waals surface area contributed by atoms with Gasteiger partial charge in [-0.1, -0.05) is 24.3 Å². The number of nitrogens with zero attached hydrogens (tertiary/aromatic N) is 3. The van der Waals surface area contributed by atoms with Gasteiger partial charge < -0.3 is 14.5 Å². The summed E-state index contributed by atoms with van der Waals surface area (Å²) in [7, 11) is -2.01. The maximum atomic E-state index is 13.2. The second-order valence-corrected chi connectivity index (χ2v) is 10.6. The average Bonchev–Trinajstić information content (AvgIpc) is 3.15. The van der Waals surface area contributed by atoms with E-state index in [0.29, 0.717) is 29.2 Å². The second kappa shape index (κ2) is 9.53. The topological polar surface area (TPSA) is 116 Å². The van der Waals surface area contributed by atoms with Crippen LogP contribution in [-0.2, 0) is 9.84 Å². The van der Waals surface area contributed by atoms with Crippen molar-refractivity contribution in [2.24, 2.45) is 0 Å². The molecule has 0 aliphatic carbocycles. The van der Waals surface area contributed by atoms with Crippen LogP contribution in [0.5, 0.6) is 11.6 Å². The van der Waals surface area contributed by atoms with Crippen LogP contribution in [0.25, 0.3) is 22.3 Å². The Labute approximate surface area is 203 Å². The summed E-state index contributed by atoms with van der Waals surface area (Å²) in [6, 6.07) is 10.3. The SMILES string of the molecule is CCOc1nc([C@H](CS(C)(=O)=O)n2c(=O)[nH]c3c(C)c(-c4ccccc4C)cnc32)ccc1OC. The minimum absolute atomic E-state index is 0.227. The van der Waals surface area contributed by atoms with Gasteiger partial charge in [0.15, 0.2) is 11.4 Å². The number of hydrogen-bond donors (Lipinski definition) is 1. The molecular weight excluding hydrogens is 468 g/mol. The van der Waals surface area contributed by atoms with E-state index in [1.165, 1.54) is 11.7 Å². The van der Waals surface area contributed by atoms with E-state index in [-0.39, 0.29) is 11.6 Å². The van der Waals surface area contributed by atoms with Crippen LogP contribution in [-0.4, -0.2) is 53.7 Å². The van der Waals surface area contributed by atoms with Gasteiger partial charge in [-0.05, 0) is 49.6 Å². The van der Waals surface area contributed by atoms with Crippen molar-refractivity contribution in [3.05, 3.63) is 69.9 Å². The van der Waals surface area contributed by atoms with Gasteiger partial charge in [0.05, 0.1) is 36.7 Å². The first kappa shape index (κ1) is 24.5. The number of aryl methyl sites for hydroxylation is 2. The van der Waals surface area contributed by atoms with E-state index in [9.17, 15) is 13.2 Å². The monoisotopic (exact) mass is 496 g/mol. The van der Waals surface area contributed by atoms with E-state index < -0.39 is 21.6 Å². The third kappa shape index (κ3) is 4.79. The van der Waals surface area contributed by atoms with Gasteiger partial charge in [-0.25, -0.2) is 23.2 Å². The lowest BCUT2D eigenvalue weighted by Gasteiger charge is -2.19. The maximum Gasteiger partial charge on any atom is 0.328 e. The van der Waals surface area contributed by atoms with E-state index in [1.807, 2.05) is 45.0 Å². The fraction of sp³-hybridized carbons (Fsp3) is 0.320. The zero-order valence-electron chi connectivity index (χ0n) is 20.3. The van der Waals surface area contributed by atoms with E-state index in [1.54, 1.807) is 18.3 Å². The largest absolute Gasteiger partial charge is 0.491 e. The van der Waals surface area contributed by atoms with E-state index in [0.717, 1.165) is 28.5 Å². The first-order valence-corrected chi connectivity index (χ1v) is 13.2. The number of methoxy groups -OCH3 is 1. The molecule has 0 saturated carbocycles. The molecule has 1 atom stereocenters. The van der Waals surface area contributed by atoms with Crippen LogP contribution in [0, 0.1) is 13.8 Å². The minimum Gasteiger partial charge on any atom is -0.491 e. The van der Waals surface area contributed by atoms with Crippen molar-refractivity contribution in [2.75, 3.05) is 25.7 Å². The predicted molar refractivity (Wildman–Crippen MR) is 135 cm³/mol. The Balaban J connectivity index is 1.94. The van der Waals surface area contributed by atoms with Crippen molar-refractivity contribution < 1.29 is 17.9 Å². The molecule has 0 radical (unpaired) electrons. The normalized spacial score (nSPS) is 12.6. The minimum atomic E-state index is -3.50. The molecular formula is C25H28N4O5S. The highest BCUT2D eigenvalue weighted by atomic mass is 32.2. The summed E-state index contributed by atoms with van der Waals surface area (Å²) in [5, 5.41) is 0. The van der Waals surface area contributed by atoms with Crippen LogP contribution in [0.1, 0.15) is 29.8 Å². The van der Waals surface area contributed by atoms with E-state index >= 15 is 0 Å². The zero-order valence-corrected chi connectivity index (χ0v) is 21.1. The van der Waals surface area contributed by atoms with Crippen molar-refractivity contribution in [3.8, 4) is 22.8 Å². The Hall–Kier alpha value is -3.66. The van der Waals surface area contributed by atoms with Crippen molar-refractivity contribution in [3.63, 3.8) is 0 Å². The number of fused-ring (bicyclic) bond motifs is 1. The number of rotatable bonds is 8. The summed E-state index contributed by atoms with van der Waals surface area (Å²) in [6.07, 6.45) is 2.84. The van der Waals surface area contributed by atoms with Gasteiger partial charge in [0.1, 0.15) is 9.84 Å². The van der Waals surface area contributed by atoms with Gasteiger partial charge in [-0.3, -0.25) is 4.57 Å². The number of benzene rings is 1. The highest BCUT2D eigenvalue weighted by Crippen LogP contribution is 2.32. The number of H-pyrrole nitrogens is 1. The lowest BCUT2D eigenvalue weighted by molar-refractivity contribution is 0.296. The fourth-order valence-corrected chi connectivity index (χ4v) is 5.12. The molecule has 184 valence electrons. The van der Waals surface area contributed by atoms with Crippen molar-refractivity contribution >= 4 is 21.0 Å². The molecule has 0 fully saturated rings. The number of aromatic amines is 1. The number of aromatic nitrogens is 4. The Bertz CT molecular complexity index is 1560. The second-order valence-electron chi connectivity index (χ2n) is 8.40. The van der Waals surface area contributed by atoms with E-state index in [2.05, 4.69) is 15.0 Å². The van der Waals surface area contributed by atoms with Crippen LogP contribution in [0.4, 0.5) is 0 Å². The molecule has 9 nitrogen and oxygen atoms in total. The summed E-state index contributed by atoms with van der Waals surface area (Å²) in [5.41, 5.74) is 4.62. The fourth-order valence-electron chi connectivity index (χ4n) is 4.22. The highest BCUT2D eigenvalue weighted by molar-refractivity contribution is 7.90. The highest BCUT2D eigenvalue weighted by Gasteiger charge is 2.27. The number of nitrogens with one attached hydrogen (secondary N) is 1. The lowest BCUT2D eigenvalue weighted by atomic mass is 9.98. The molecule has 0 aliphatic heterocycles. The Morgan fingerprint density at radius 2 is 1.86 bits per heavy atom. The first-order chi connectivity index (χ1) is 16.6. The number of pyridine rings is 2. The van der Waals surface area contributed by atoms with Crippen LogP contribution in [0.3, 0.4) is 0 Å². The molecule has 0 amide bonds. The van der Waals surface area contributed by atoms with Gasteiger partial charge in [-0.2, -0.15) is 0 Å². The van der Waals surface area contributed by atoms with Gasteiger partial charge in [0.2, 0.25) is 0 Å². The van der Waals surface area contributed by atoms with Gasteiger partial charge in [0, 0.05) is 18.0 Å². The number of imidazole rings is 1. The smallest absolute Gasteiger partial charge is 0.328 e. The molecule has 3 aromatic heterocycles. The predicted octanol–water partition coefficient (Wildman–Crippen LogP) is 3.44. The summed E-state index contributed by atoms with van der Waals surface area (Å²) < 4.78 is 37.1. The third-order valence-electron chi connectivity index (χ3n) is 5.89. The molecule has 0 spiro atoms. The number of ether oxygens (including phenoxy) is 2. The Morgan fingerprint density at radius 1 is 1.11 bits per heavy atom. The summed E-state index contributed by atoms with van der Waals surface area (Å²) >= 11 is 0. The molecule has 1 aromatic carbocycles. The van der Waals surface area contributed by atoms with Crippen molar-refractivity contribution in [2.45, 2.75) is 26.8 Å². The Morgan fingerprint density at radius 3 is 2.51 bits per heavy atom. The molecule has 10 heteroatoms. The van der Waals surface area contributed by atoms with Gasteiger partial charge in [-0.15, -0.1) is 0 Å². The van der Waals surface area contributed by atoms with Crippen LogP contribution in [0.15, 0.2) is 47.4 Å². The van der Waals surface area contributed by atoms with Crippen LogP contribution >= 0.6 is 0 Å². The quantitative estimate of drug-likeness (QED) is 0.397. The molecule has 35 heavy (non-hydrogen) atoms. The molecule has 0 bridgehead atoms. The average molecular weight is 497 g/mol. The maximum absolute atomic E-state index is 13.2. The van der Waals surface area contributed by atoms with E-state index in [4.69, 9.17) is 9.47 Å². The van der Waals surface area contributed by atoms with Crippen molar-refractivity contribution in [1.82, 2.24) is 19.5 Å². The number of hydrogen-bond acceptors (Lipinski definition) is 7. The summed E-state index contributed by atoms with van der Waals surface area (Å²) in [4.78, 5) is 25.2. The molecule has 0 aliphatic rings. The van der Waals surface area contributed by atoms with Crippen LogP contribution in [0.2, 0.25) is 0 Å². The molecule has 4 rings (SSSR count).